The SMILES string of the molecule is CC/N=c1/ncnc(C)n1CC. The monoisotopic (exact) mass is 166 g/mol. The molecule has 0 fully saturated rings. The van der Waals surface area contributed by atoms with Crippen molar-refractivity contribution in [1.82, 2.24) is 14.5 Å². The van der Waals surface area contributed by atoms with Crippen LogP contribution in [0.1, 0.15) is 19.7 Å². The van der Waals surface area contributed by atoms with E-state index >= 15 is 0 Å². The van der Waals surface area contributed by atoms with Crippen molar-refractivity contribution in [2.24, 2.45) is 4.99 Å². The van der Waals surface area contributed by atoms with Crippen molar-refractivity contribution in [3.05, 3.63) is 17.8 Å². The molecule has 12 heavy (non-hydrogen) atoms. The third-order valence-electron chi connectivity index (χ3n) is 1.67. The van der Waals surface area contributed by atoms with Gasteiger partial charge in [-0.1, -0.05) is 0 Å². The maximum absolute atomic E-state index is 4.25. The molecule has 66 valence electrons. The summed E-state index contributed by atoms with van der Waals surface area (Å²) in [5.74, 6) is 0.958. The van der Waals surface area contributed by atoms with Crippen LogP contribution in [-0.2, 0) is 6.54 Å². The Kier molecular flexibility index (Phi) is 2.96. The summed E-state index contributed by atoms with van der Waals surface area (Å²) in [7, 11) is 0. The first-order valence-electron chi connectivity index (χ1n) is 4.18. The highest BCUT2D eigenvalue weighted by molar-refractivity contribution is 4.80. The maximum atomic E-state index is 4.25. The zero-order chi connectivity index (χ0) is 8.97. The van der Waals surface area contributed by atoms with Crippen LogP contribution < -0.4 is 5.62 Å². The fourth-order valence-electron chi connectivity index (χ4n) is 1.09. The van der Waals surface area contributed by atoms with Gasteiger partial charge in [0.1, 0.15) is 12.2 Å². The Morgan fingerprint density at radius 2 is 2.17 bits per heavy atom. The average molecular weight is 166 g/mol. The fourth-order valence-corrected chi connectivity index (χ4v) is 1.09. The van der Waals surface area contributed by atoms with E-state index in [1.54, 1.807) is 6.33 Å². The lowest BCUT2D eigenvalue weighted by molar-refractivity contribution is 0.622. The molecule has 1 aromatic rings. The van der Waals surface area contributed by atoms with Gasteiger partial charge in [0.05, 0.1) is 0 Å². The van der Waals surface area contributed by atoms with Gasteiger partial charge in [0, 0.05) is 13.1 Å². The zero-order valence-electron chi connectivity index (χ0n) is 7.78. The van der Waals surface area contributed by atoms with Gasteiger partial charge in [0.15, 0.2) is 0 Å². The Hall–Kier alpha value is -1.19. The third kappa shape index (κ3) is 1.69. The molecule has 0 aliphatic heterocycles. The molecule has 1 aromatic heterocycles. The minimum atomic E-state index is 0.760. The van der Waals surface area contributed by atoms with E-state index in [1.165, 1.54) is 0 Å². The first-order chi connectivity index (χ1) is 5.79. The van der Waals surface area contributed by atoms with Gasteiger partial charge in [-0.25, -0.2) is 9.97 Å². The Bertz CT molecular complexity index is 313. The third-order valence-corrected chi connectivity index (χ3v) is 1.67. The number of hydrogen-bond donors (Lipinski definition) is 0. The van der Waals surface area contributed by atoms with Crippen LogP contribution in [-0.4, -0.2) is 21.1 Å². The Balaban J connectivity index is 3.28. The van der Waals surface area contributed by atoms with Gasteiger partial charge >= 0.3 is 0 Å². The molecule has 0 spiro atoms. The average Bonchev–Trinajstić information content (AvgIpc) is 2.05. The molecule has 0 saturated carbocycles. The van der Waals surface area contributed by atoms with E-state index in [0.29, 0.717) is 0 Å². The van der Waals surface area contributed by atoms with Gasteiger partial charge in [0.2, 0.25) is 5.62 Å². The van der Waals surface area contributed by atoms with Gasteiger partial charge < -0.3 is 0 Å². The molecule has 4 nitrogen and oxygen atoms in total. The van der Waals surface area contributed by atoms with Crippen LogP contribution in [0.15, 0.2) is 11.3 Å². The quantitative estimate of drug-likeness (QED) is 0.643. The largest absolute Gasteiger partial charge is 0.299 e. The molecule has 0 unspecified atom stereocenters. The van der Waals surface area contributed by atoms with Crippen molar-refractivity contribution >= 4 is 0 Å². The maximum Gasteiger partial charge on any atom is 0.227 e. The topological polar surface area (TPSA) is 43.1 Å². The molecule has 0 bridgehead atoms. The van der Waals surface area contributed by atoms with Gasteiger partial charge in [-0.2, -0.15) is 0 Å². The summed E-state index contributed by atoms with van der Waals surface area (Å²) in [5.41, 5.74) is 0.771. The minimum Gasteiger partial charge on any atom is -0.299 e. The number of rotatable bonds is 2. The van der Waals surface area contributed by atoms with Crippen LogP contribution in [0, 0.1) is 6.92 Å². The number of nitrogens with zero attached hydrogens (tertiary/aromatic N) is 4. The zero-order valence-corrected chi connectivity index (χ0v) is 7.78. The molecule has 0 atom stereocenters. The van der Waals surface area contributed by atoms with Crippen LogP contribution in [0.4, 0.5) is 0 Å². The summed E-state index contributed by atoms with van der Waals surface area (Å²) in [6.45, 7) is 7.64. The Morgan fingerprint density at radius 1 is 1.42 bits per heavy atom. The van der Waals surface area contributed by atoms with E-state index < -0.39 is 0 Å². The molecule has 0 aromatic carbocycles. The predicted molar refractivity (Wildman–Crippen MR) is 46.5 cm³/mol. The molecule has 0 aliphatic rings. The summed E-state index contributed by atoms with van der Waals surface area (Å²) in [4.78, 5) is 12.4. The minimum absolute atomic E-state index is 0.760. The van der Waals surface area contributed by atoms with E-state index in [2.05, 4.69) is 21.9 Å². The summed E-state index contributed by atoms with van der Waals surface area (Å²) in [5, 5.41) is 0. The van der Waals surface area contributed by atoms with Crippen LogP contribution in [0.25, 0.3) is 0 Å². The molecule has 0 aliphatic carbocycles. The summed E-state index contributed by atoms with van der Waals surface area (Å²) >= 11 is 0. The smallest absolute Gasteiger partial charge is 0.227 e. The van der Waals surface area contributed by atoms with Crippen LogP contribution in [0.2, 0.25) is 0 Å². The van der Waals surface area contributed by atoms with Crippen molar-refractivity contribution in [1.29, 1.82) is 0 Å². The Morgan fingerprint density at radius 3 is 2.75 bits per heavy atom. The highest BCUT2D eigenvalue weighted by Gasteiger charge is 1.95. The van der Waals surface area contributed by atoms with E-state index in [1.807, 2.05) is 18.4 Å². The first-order valence-corrected chi connectivity index (χ1v) is 4.18. The van der Waals surface area contributed by atoms with Crippen molar-refractivity contribution in [3.63, 3.8) is 0 Å². The molecule has 0 N–H and O–H groups in total. The Labute approximate surface area is 72.0 Å². The normalized spacial score (nSPS) is 12.1. The van der Waals surface area contributed by atoms with E-state index in [4.69, 9.17) is 0 Å². The second-order valence-electron chi connectivity index (χ2n) is 2.44. The summed E-state index contributed by atoms with van der Waals surface area (Å²) in [6, 6.07) is 0. The van der Waals surface area contributed by atoms with Gasteiger partial charge in [-0.15, -0.1) is 0 Å². The van der Waals surface area contributed by atoms with Gasteiger partial charge in [0.25, 0.3) is 0 Å². The lowest BCUT2D eigenvalue weighted by Crippen LogP contribution is -2.26. The molecule has 1 heterocycles. The van der Waals surface area contributed by atoms with Gasteiger partial charge in [-0.05, 0) is 20.8 Å². The molecule has 4 heteroatoms. The fraction of sp³-hybridized carbons (Fsp3) is 0.625. The van der Waals surface area contributed by atoms with Crippen molar-refractivity contribution in [2.45, 2.75) is 27.3 Å². The lowest BCUT2D eigenvalue weighted by atomic mass is 10.6. The molecular formula is C8H14N4. The summed E-state index contributed by atoms with van der Waals surface area (Å²) in [6.07, 6.45) is 1.55. The van der Waals surface area contributed by atoms with Crippen LogP contribution >= 0.6 is 0 Å². The molecule has 0 amide bonds. The second kappa shape index (κ2) is 3.99. The molecule has 1 rings (SSSR count). The van der Waals surface area contributed by atoms with Crippen molar-refractivity contribution in [2.75, 3.05) is 6.54 Å². The molecular weight excluding hydrogens is 152 g/mol. The standard InChI is InChI=1S/C8H14N4/c1-4-9-8-11-6-10-7(3)12(8)5-2/h6H,4-5H2,1-3H3/b9-8-. The van der Waals surface area contributed by atoms with E-state index in [0.717, 1.165) is 24.5 Å². The highest BCUT2D eigenvalue weighted by Crippen LogP contribution is 1.84. The second-order valence-corrected chi connectivity index (χ2v) is 2.44. The number of aryl methyl sites for hydroxylation is 1. The van der Waals surface area contributed by atoms with Crippen LogP contribution in [0.5, 0.6) is 0 Å². The van der Waals surface area contributed by atoms with Gasteiger partial charge in [-0.3, -0.25) is 9.56 Å². The van der Waals surface area contributed by atoms with E-state index in [9.17, 15) is 0 Å². The number of hydrogen-bond acceptors (Lipinski definition) is 3. The summed E-state index contributed by atoms with van der Waals surface area (Å²) < 4.78 is 1.99. The molecule has 0 saturated heterocycles. The lowest BCUT2D eigenvalue weighted by Gasteiger charge is -2.04. The first kappa shape index (κ1) is 8.90. The van der Waals surface area contributed by atoms with Crippen molar-refractivity contribution in [3.8, 4) is 0 Å². The molecule has 0 radical (unpaired) electrons. The van der Waals surface area contributed by atoms with E-state index in [-0.39, 0.29) is 0 Å². The predicted octanol–water partition coefficient (Wildman–Crippen LogP) is 0.527. The van der Waals surface area contributed by atoms with Crippen LogP contribution in [0.3, 0.4) is 0 Å². The van der Waals surface area contributed by atoms with Crippen molar-refractivity contribution < 1.29 is 0 Å². The number of aromatic nitrogens is 3. The highest BCUT2D eigenvalue weighted by atomic mass is 15.1.